The highest BCUT2D eigenvalue weighted by atomic mass is 16.3. The first-order chi connectivity index (χ1) is 5.20. The average molecular weight is 153 g/mol. The number of nitriles is 2. The van der Waals surface area contributed by atoms with Gasteiger partial charge < -0.3 is 5.11 Å². The van der Waals surface area contributed by atoms with Gasteiger partial charge >= 0.3 is 0 Å². The minimum atomic E-state index is -0.489. The van der Waals surface area contributed by atoms with Crippen LogP contribution in [0.15, 0.2) is 0 Å². The summed E-state index contributed by atoms with van der Waals surface area (Å²) >= 11 is 0. The van der Waals surface area contributed by atoms with E-state index in [9.17, 15) is 0 Å². The third-order valence-electron chi connectivity index (χ3n) is 1.11. The predicted octanol–water partition coefficient (Wildman–Crippen LogP) is -0.284. The molecule has 0 bridgehead atoms. The molecule has 0 radical (unpaired) electrons. The van der Waals surface area contributed by atoms with Gasteiger partial charge in [-0.2, -0.15) is 10.5 Å². The Kier molecular flexibility index (Phi) is 5.10. The Balaban J connectivity index is 3.73. The van der Waals surface area contributed by atoms with E-state index in [0.29, 0.717) is 6.54 Å². The maximum absolute atomic E-state index is 8.92. The summed E-state index contributed by atoms with van der Waals surface area (Å²) in [6.45, 7) is 2.39. The Morgan fingerprint density at radius 1 is 1.36 bits per heavy atom. The SMILES string of the molecule is CC(O)CN(CC#N)CC#N. The fraction of sp³-hybridized carbons (Fsp3) is 0.714. The molecule has 4 nitrogen and oxygen atoms in total. The molecule has 0 fully saturated rings. The van der Waals surface area contributed by atoms with Gasteiger partial charge in [-0.1, -0.05) is 0 Å². The number of nitrogens with zero attached hydrogens (tertiary/aromatic N) is 3. The molecule has 0 aromatic heterocycles. The molecule has 1 unspecified atom stereocenters. The molecule has 0 spiro atoms. The summed E-state index contributed by atoms with van der Waals surface area (Å²) in [6, 6.07) is 3.84. The summed E-state index contributed by atoms with van der Waals surface area (Å²) in [5, 5.41) is 25.5. The highest BCUT2D eigenvalue weighted by Gasteiger charge is 2.05. The quantitative estimate of drug-likeness (QED) is 0.564. The molecule has 0 rings (SSSR count). The Morgan fingerprint density at radius 3 is 2.09 bits per heavy atom. The molecule has 1 N–H and O–H groups in total. The maximum atomic E-state index is 8.92. The van der Waals surface area contributed by atoms with Crippen LogP contribution in [0, 0.1) is 22.7 Å². The van der Waals surface area contributed by atoms with Crippen LogP contribution in [0.1, 0.15) is 6.92 Å². The molecule has 0 heterocycles. The number of rotatable bonds is 4. The summed E-state index contributed by atoms with van der Waals surface area (Å²) in [5.74, 6) is 0. The number of aliphatic hydroxyl groups is 1. The monoisotopic (exact) mass is 153 g/mol. The molecule has 4 heteroatoms. The van der Waals surface area contributed by atoms with Crippen molar-refractivity contribution in [2.75, 3.05) is 19.6 Å². The second-order valence-electron chi connectivity index (χ2n) is 2.33. The van der Waals surface area contributed by atoms with Gasteiger partial charge in [0.1, 0.15) is 0 Å². The van der Waals surface area contributed by atoms with Crippen LogP contribution in [-0.2, 0) is 0 Å². The van der Waals surface area contributed by atoms with Crippen LogP contribution in [0.3, 0.4) is 0 Å². The van der Waals surface area contributed by atoms with Gasteiger partial charge in [0.25, 0.3) is 0 Å². The van der Waals surface area contributed by atoms with Crippen molar-refractivity contribution in [1.29, 1.82) is 10.5 Å². The summed E-state index contributed by atoms with van der Waals surface area (Å²) in [7, 11) is 0. The van der Waals surface area contributed by atoms with Crippen molar-refractivity contribution in [3.8, 4) is 12.1 Å². The van der Waals surface area contributed by atoms with Crippen LogP contribution < -0.4 is 0 Å². The lowest BCUT2D eigenvalue weighted by atomic mass is 10.3. The standard InChI is InChI=1S/C7H11N3O/c1-7(11)6-10(4-2-8)5-3-9/h7,11H,4-6H2,1H3. The molecular formula is C7H11N3O. The van der Waals surface area contributed by atoms with Gasteiger partial charge in [-0.15, -0.1) is 0 Å². The zero-order valence-electron chi connectivity index (χ0n) is 6.49. The minimum absolute atomic E-state index is 0.193. The van der Waals surface area contributed by atoms with Crippen LogP contribution in [0.5, 0.6) is 0 Å². The van der Waals surface area contributed by atoms with E-state index in [0.717, 1.165) is 0 Å². The van der Waals surface area contributed by atoms with E-state index in [-0.39, 0.29) is 13.1 Å². The molecule has 60 valence electrons. The highest BCUT2D eigenvalue weighted by Crippen LogP contribution is 1.89. The lowest BCUT2D eigenvalue weighted by Gasteiger charge is -2.16. The van der Waals surface area contributed by atoms with Gasteiger partial charge in [-0.25, -0.2) is 0 Å². The third kappa shape index (κ3) is 5.35. The molecule has 0 aromatic rings. The van der Waals surface area contributed by atoms with E-state index in [4.69, 9.17) is 15.6 Å². The van der Waals surface area contributed by atoms with Gasteiger partial charge in [0, 0.05) is 6.54 Å². The molecule has 0 aromatic carbocycles. The Labute approximate surface area is 66.3 Å². The van der Waals surface area contributed by atoms with E-state index in [2.05, 4.69) is 0 Å². The zero-order valence-corrected chi connectivity index (χ0v) is 6.49. The third-order valence-corrected chi connectivity index (χ3v) is 1.11. The van der Waals surface area contributed by atoms with Gasteiger partial charge in [0.05, 0.1) is 31.3 Å². The molecule has 0 saturated carbocycles. The summed E-state index contributed by atoms with van der Waals surface area (Å²) < 4.78 is 0. The van der Waals surface area contributed by atoms with E-state index < -0.39 is 6.10 Å². The van der Waals surface area contributed by atoms with Crippen molar-refractivity contribution in [3.05, 3.63) is 0 Å². The van der Waals surface area contributed by atoms with Crippen molar-refractivity contribution >= 4 is 0 Å². The summed E-state index contributed by atoms with van der Waals surface area (Å²) in [4.78, 5) is 1.59. The van der Waals surface area contributed by atoms with Crippen LogP contribution >= 0.6 is 0 Å². The predicted molar refractivity (Wildman–Crippen MR) is 39.3 cm³/mol. The molecule has 11 heavy (non-hydrogen) atoms. The lowest BCUT2D eigenvalue weighted by molar-refractivity contribution is 0.142. The molecular weight excluding hydrogens is 142 g/mol. The molecule has 0 aliphatic carbocycles. The van der Waals surface area contributed by atoms with Crippen molar-refractivity contribution in [3.63, 3.8) is 0 Å². The smallest absolute Gasteiger partial charge is 0.0875 e. The van der Waals surface area contributed by atoms with E-state index in [1.54, 1.807) is 11.8 Å². The Morgan fingerprint density at radius 2 is 1.82 bits per heavy atom. The maximum Gasteiger partial charge on any atom is 0.0875 e. The van der Waals surface area contributed by atoms with Crippen LogP contribution in [0.2, 0.25) is 0 Å². The van der Waals surface area contributed by atoms with E-state index in [1.807, 2.05) is 12.1 Å². The van der Waals surface area contributed by atoms with Crippen molar-refractivity contribution in [2.24, 2.45) is 0 Å². The Hall–Kier alpha value is -1.10. The largest absolute Gasteiger partial charge is 0.392 e. The first-order valence-electron chi connectivity index (χ1n) is 3.35. The number of hydrogen-bond acceptors (Lipinski definition) is 4. The fourth-order valence-corrected chi connectivity index (χ4v) is 0.759. The van der Waals surface area contributed by atoms with Gasteiger partial charge in [-0.05, 0) is 6.92 Å². The summed E-state index contributed by atoms with van der Waals surface area (Å²) in [6.07, 6.45) is -0.489. The van der Waals surface area contributed by atoms with Crippen LogP contribution in [0.4, 0.5) is 0 Å². The first-order valence-corrected chi connectivity index (χ1v) is 3.35. The van der Waals surface area contributed by atoms with E-state index in [1.165, 1.54) is 0 Å². The average Bonchev–Trinajstić information content (AvgIpc) is 1.87. The second kappa shape index (κ2) is 5.67. The molecule has 0 aliphatic heterocycles. The molecule has 0 aliphatic rings. The van der Waals surface area contributed by atoms with Gasteiger partial charge in [0.2, 0.25) is 0 Å². The van der Waals surface area contributed by atoms with Gasteiger partial charge in [0.15, 0.2) is 0 Å². The summed E-state index contributed by atoms with van der Waals surface area (Å²) in [5.41, 5.74) is 0. The molecule has 0 saturated heterocycles. The first kappa shape index (κ1) is 9.90. The van der Waals surface area contributed by atoms with Gasteiger partial charge in [-0.3, -0.25) is 4.90 Å². The van der Waals surface area contributed by atoms with Crippen molar-refractivity contribution in [2.45, 2.75) is 13.0 Å². The van der Waals surface area contributed by atoms with Crippen LogP contribution in [-0.4, -0.2) is 35.7 Å². The second-order valence-corrected chi connectivity index (χ2v) is 2.33. The van der Waals surface area contributed by atoms with Crippen molar-refractivity contribution in [1.82, 2.24) is 4.90 Å². The minimum Gasteiger partial charge on any atom is -0.392 e. The lowest BCUT2D eigenvalue weighted by Crippen LogP contribution is -2.31. The Bertz CT molecular complexity index is 161. The topological polar surface area (TPSA) is 71.0 Å². The highest BCUT2D eigenvalue weighted by molar-refractivity contribution is 4.84. The van der Waals surface area contributed by atoms with Crippen molar-refractivity contribution < 1.29 is 5.11 Å². The van der Waals surface area contributed by atoms with E-state index >= 15 is 0 Å². The number of aliphatic hydroxyl groups excluding tert-OH is 1. The molecule has 1 atom stereocenters. The zero-order chi connectivity index (χ0) is 8.69. The van der Waals surface area contributed by atoms with Crippen LogP contribution in [0.25, 0.3) is 0 Å². The fourth-order valence-electron chi connectivity index (χ4n) is 0.759. The molecule has 0 amide bonds. The number of hydrogen-bond donors (Lipinski definition) is 1. The normalized spacial score (nSPS) is 12.1.